The molecule has 5 nitrogen and oxygen atoms in total. The molecule has 354 valence electrons. The molecule has 0 fully saturated rings. The van der Waals surface area contributed by atoms with Crippen molar-refractivity contribution in [3.8, 4) is 67.5 Å². The van der Waals surface area contributed by atoms with Gasteiger partial charge in [-0.1, -0.05) is 182 Å². The molecule has 11 aromatic carbocycles. The van der Waals surface area contributed by atoms with Crippen LogP contribution in [0.4, 0.5) is 0 Å². The van der Waals surface area contributed by atoms with Crippen LogP contribution in [0.1, 0.15) is 0 Å². The van der Waals surface area contributed by atoms with Crippen molar-refractivity contribution in [1.82, 2.24) is 19.1 Å². The number of fused-ring (bicyclic) bond motifs is 13. The standard InChI is InChI=1S/C70H42N4OS/c1-4-18-43(19-5-1)58-42-59(44-20-6-2-7-21-44)72-70(71-58)47-23-16-22-46(38-47)56-40-48(45-34-37-65-57(39-45)52-28-12-15-33-64(52)76-65)41-63-66(56)55-29-17-32-62(69(55)75-63)74-61-31-14-11-27-51(61)54-36-35-53-50-26-10-13-30-60(50)73(67(53)68(54)74)49-24-8-3-9-25-49/h1-42H. The first-order valence-electron chi connectivity index (χ1n) is 25.7. The molecule has 0 radical (unpaired) electrons. The first kappa shape index (κ1) is 42.6. The third-order valence-corrected chi connectivity index (χ3v) is 16.5. The van der Waals surface area contributed by atoms with Crippen molar-refractivity contribution in [1.29, 1.82) is 0 Å². The predicted octanol–water partition coefficient (Wildman–Crippen LogP) is 19.3. The van der Waals surface area contributed by atoms with E-state index in [2.05, 4.69) is 252 Å². The molecule has 0 saturated heterocycles. The predicted molar refractivity (Wildman–Crippen MR) is 318 cm³/mol. The molecule has 0 aliphatic carbocycles. The van der Waals surface area contributed by atoms with Crippen molar-refractivity contribution in [2.75, 3.05) is 0 Å². The molecule has 0 atom stereocenters. The number of hydrogen-bond donors (Lipinski definition) is 0. The van der Waals surface area contributed by atoms with Gasteiger partial charge in [-0.15, -0.1) is 11.3 Å². The maximum Gasteiger partial charge on any atom is 0.160 e. The monoisotopic (exact) mass is 986 g/mol. The number of nitrogens with zero attached hydrogens (tertiary/aromatic N) is 4. The van der Waals surface area contributed by atoms with Crippen molar-refractivity contribution in [3.63, 3.8) is 0 Å². The van der Waals surface area contributed by atoms with Crippen LogP contribution >= 0.6 is 11.3 Å². The Kier molecular flexibility index (Phi) is 9.44. The Morgan fingerprint density at radius 1 is 0.342 bits per heavy atom. The van der Waals surface area contributed by atoms with Gasteiger partial charge in [0, 0.05) is 74.9 Å². The van der Waals surface area contributed by atoms with Gasteiger partial charge in [-0.2, -0.15) is 0 Å². The molecule has 16 aromatic rings. The van der Waals surface area contributed by atoms with E-state index in [-0.39, 0.29) is 0 Å². The summed E-state index contributed by atoms with van der Waals surface area (Å²) in [5, 5.41) is 9.38. The minimum Gasteiger partial charge on any atom is -0.454 e. The molecular formula is C70H42N4OS. The fourth-order valence-corrected chi connectivity index (χ4v) is 13.0. The van der Waals surface area contributed by atoms with Crippen molar-refractivity contribution in [3.05, 3.63) is 255 Å². The van der Waals surface area contributed by atoms with Crippen LogP contribution in [-0.2, 0) is 0 Å². The largest absolute Gasteiger partial charge is 0.454 e. The van der Waals surface area contributed by atoms with E-state index in [9.17, 15) is 0 Å². The molecule has 0 N–H and O–H groups in total. The Morgan fingerprint density at radius 2 is 0.908 bits per heavy atom. The van der Waals surface area contributed by atoms with Gasteiger partial charge in [0.15, 0.2) is 11.4 Å². The van der Waals surface area contributed by atoms with Gasteiger partial charge in [0.2, 0.25) is 0 Å². The maximum atomic E-state index is 7.45. The number of furan rings is 1. The first-order chi connectivity index (χ1) is 37.7. The summed E-state index contributed by atoms with van der Waals surface area (Å²) in [6, 6.07) is 91.4. The van der Waals surface area contributed by atoms with Crippen LogP contribution in [-0.4, -0.2) is 19.1 Å². The van der Waals surface area contributed by atoms with Crippen molar-refractivity contribution < 1.29 is 4.42 Å². The van der Waals surface area contributed by atoms with E-state index in [1.165, 1.54) is 41.7 Å². The van der Waals surface area contributed by atoms with E-state index in [0.29, 0.717) is 5.82 Å². The zero-order valence-electron chi connectivity index (χ0n) is 40.9. The number of benzene rings is 11. The Balaban J connectivity index is 0.972. The van der Waals surface area contributed by atoms with Crippen LogP contribution in [0.5, 0.6) is 0 Å². The lowest BCUT2D eigenvalue weighted by atomic mass is 9.93. The van der Waals surface area contributed by atoms with E-state index in [1.807, 2.05) is 23.5 Å². The van der Waals surface area contributed by atoms with Crippen LogP contribution in [0.2, 0.25) is 0 Å². The van der Waals surface area contributed by atoms with Crippen LogP contribution in [0.3, 0.4) is 0 Å². The molecule has 76 heavy (non-hydrogen) atoms. The Bertz CT molecular complexity index is 4930. The van der Waals surface area contributed by atoms with E-state index >= 15 is 0 Å². The lowest BCUT2D eigenvalue weighted by Gasteiger charge is -2.13. The summed E-state index contributed by atoms with van der Waals surface area (Å²) in [6.07, 6.45) is 0. The van der Waals surface area contributed by atoms with Gasteiger partial charge in [0.05, 0.1) is 39.1 Å². The third-order valence-electron chi connectivity index (χ3n) is 15.3. The van der Waals surface area contributed by atoms with Crippen molar-refractivity contribution in [2.45, 2.75) is 0 Å². The van der Waals surface area contributed by atoms with Crippen LogP contribution in [0.25, 0.3) is 153 Å². The highest BCUT2D eigenvalue weighted by Crippen LogP contribution is 2.47. The molecule has 0 bridgehead atoms. The SMILES string of the molecule is c1ccc(-c2cc(-c3ccccc3)nc(-c3cccc(-c4cc(-c5ccc6sc7ccccc7c6c5)cc5oc6c(-n7c8ccccc8c8ccc9c%10ccccc%10n(-c%10ccccc%10)c9c87)cccc6c45)c3)n2)cc1. The Labute approximate surface area is 440 Å². The van der Waals surface area contributed by atoms with Gasteiger partial charge in [0.25, 0.3) is 0 Å². The zero-order chi connectivity index (χ0) is 49.8. The number of thiophene rings is 1. The number of hydrogen-bond acceptors (Lipinski definition) is 4. The second kappa shape index (κ2) is 16.8. The average Bonchev–Trinajstić information content (AvgIpc) is 4.32. The quantitative estimate of drug-likeness (QED) is 0.160. The van der Waals surface area contributed by atoms with Crippen molar-refractivity contribution in [2.24, 2.45) is 0 Å². The molecule has 0 saturated carbocycles. The van der Waals surface area contributed by atoms with Gasteiger partial charge in [0.1, 0.15) is 5.58 Å². The van der Waals surface area contributed by atoms with E-state index in [1.54, 1.807) is 0 Å². The Morgan fingerprint density at radius 3 is 1.63 bits per heavy atom. The zero-order valence-corrected chi connectivity index (χ0v) is 41.7. The smallest absolute Gasteiger partial charge is 0.160 e. The highest BCUT2D eigenvalue weighted by atomic mass is 32.1. The fraction of sp³-hybridized carbons (Fsp3) is 0. The summed E-state index contributed by atoms with van der Waals surface area (Å²) in [7, 11) is 0. The number of rotatable bonds is 7. The highest BCUT2D eigenvalue weighted by Gasteiger charge is 2.25. The van der Waals surface area contributed by atoms with E-state index < -0.39 is 0 Å². The topological polar surface area (TPSA) is 48.8 Å². The average molecular weight is 987 g/mol. The summed E-state index contributed by atoms with van der Waals surface area (Å²) in [5.74, 6) is 0.661. The molecule has 5 heterocycles. The normalized spacial score (nSPS) is 11.9. The summed E-state index contributed by atoms with van der Waals surface area (Å²) in [4.78, 5) is 10.5. The van der Waals surface area contributed by atoms with Crippen LogP contribution in [0, 0.1) is 0 Å². The molecule has 5 aromatic heterocycles. The van der Waals surface area contributed by atoms with Gasteiger partial charge in [-0.3, -0.25) is 0 Å². The fourth-order valence-electron chi connectivity index (χ4n) is 11.9. The molecule has 0 unspecified atom stereocenters. The van der Waals surface area contributed by atoms with Gasteiger partial charge in [-0.25, -0.2) is 9.97 Å². The molecule has 0 amide bonds. The second-order valence-corrected chi connectivity index (χ2v) is 20.7. The second-order valence-electron chi connectivity index (χ2n) is 19.6. The summed E-state index contributed by atoms with van der Waals surface area (Å²) in [5.41, 5.74) is 17.3. The number of aromatic nitrogens is 4. The summed E-state index contributed by atoms with van der Waals surface area (Å²) < 4.78 is 14.9. The van der Waals surface area contributed by atoms with Crippen molar-refractivity contribution >= 4 is 97.1 Å². The first-order valence-corrected chi connectivity index (χ1v) is 26.5. The van der Waals surface area contributed by atoms with Crippen LogP contribution < -0.4 is 0 Å². The molecule has 6 heteroatoms. The summed E-state index contributed by atoms with van der Waals surface area (Å²) in [6.45, 7) is 0. The molecule has 0 aliphatic rings. The maximum absolute atomic E-state index is 7.45. The highest BCUT2D eigenvalue weighted by molar-refractivity contribution is 7.25. The molecule has 16 rings (SSSR count). The molecule has 0 aliphatic heterocycles. The molecular weight excluding hydrogens is 945 g/mol. The summed E-state index contributed by atoms with van der Waals surface area (Å²) >= 11 is 1.84. The minimum absolute atomic E-state index is 0.661. The number of para-hydroxylation sites is 4. The third kappa shape index (κ3) is 6.57. The van der Waals surface area contributed by atoms with Crippen LogP contribution in [0.15, 0.2) is 259 Å². The van der Waals surface area contributed by atoms with Gasteiger partial charge >= 0.3 is 0 Å². The lowest BCUT2D eigenvalue weighted by Crippen LogP contribution is -1.99. The van der Waals surface area contributed by atoms with Gasteiger partial charge in [-0.05, 0) is 95.1 Å². The van der Waals surface area contributed by atoms with E-state index in [4.69, 9.17) is 14.4 Å². The minimum atomic E-state index is 0.661. The van der Waals surface area contributed by atoms with Gasteiger partial charge < -0.3 is 13.6 Å². The lowest BCUT2D eigenvalue weighted by molar-refractivity contribution is 0.666. The Hall–Kier alpha value is -9.88. The van der Waals surface area contributed by atoms with E-state index in [0.717, 1.165) is 106 Å². The molecule has 0 spiro atoms.